The Morgan fingerprint density at radius 2 is 1.80 bits per heavy atom. The van der Waals surface area contributed by atoms with Gasteiger partial charge in [-0.25, -0.2) is 9.78 Å². The van der Waals surface area contributed by atoms with Gasteiger partial charge in [0.25, 0.3) is 11.8 Å². The maximum atomic E-state index is 13.1. The summed E-state index contributed by atoms with van der Waals surface area (Å²) in [5.74, 6) is 0.532. The van der Waals surface area contributed by atoms with E-state index in [4.69, 9.17) is 9.47 Å². The number of hydrogen-bond donors (Lipinski definition) is 2. The molecule has 2 aromatic rings. The third-order valence-corrected chi connectivity index (χ3v) is 6.26. The van der Waals surface area contributed by atoms with Crippen molar-refractivity contribution in [2.75, 3.05) is 27.2 Å². The molecule has 0 spiro atoms. The largest absolute Gasteiger partial charge is 0.497 e. The monoisotopic (exact) mass is 480 g/mol. The van der Waals surface area contributed by atoms with Gasteiger partial charge >= 0.3 is 6.09 Å². The lowest BCUT2D eigenvalue weighted by atomic mass is 10.1. The predicted molar refractivity (Wildman–Crippen MR) is 129 cm³/mol. The smallest absolute Gasteiger partial charge is 0.410 e. The summed E-state index contributed by atoms with van der Waals surface area (Å²) in [5.41, 5.74) is 1.59. The number of piperidine rings is 1. The average Bonchev–Trinajstić information content (AvgIpc) is 3.24. The fourth-order valence-corrected chi connectivity index (χ4v) is 4.50. The number of nitrogens with one attached hydrogen (secondary N) is 2. The fourth-order valence-electron chi connectivity index (χ4n) is 4.50. The number of fused-ring (bicyclic) bond motifs is 1. The van der Waals surface area contributed by atoms with E-state index in [-0.39, 0.29) is 41.5 Å². The number of carbonyl (C=O) groups is 3. The average molecular weight is 481 g/mol. The van der Waals surface area contributed by atoms with Crippen LogP contribution in [0.3, 0.4) is 0 Å². The molecular weight excluding hydrogens is 448 g/mol. The van der Waals surface area contributed by atoms with Gasteiger partial charge in [0.15, 0.2) is 0 Å². The van der Waals surface area contributed by atoms with Crippen LogP contribution in [0.25, 0.3) is 0 Å². The van der Waals surface area contributed by atoms with Gasteiger partial charge in [-0.1, -0.05) is 12.1 Å². The minimum atomic E-state index is -0.538. The normalized spacial score (nSPS) is 20.6. The van der Waals surface area contributed by atoms with E-state index in [1.807, 2.05) is 45.0 Å². The van der Waals surface area contributed by atoms with E-state index in [1.165, 1.54) is 13.1 Å². The maximum Gasteiger partial charge on any atom is 0.410 e. The second-order valence-corrected chi connectivity index (χ2v) is 10.1. The Hall–Kier alpha value is -3.62. The van der Waals surface area contributed by atoms with Crippen LogP contribution in [0.2, 0.25) is 0 Å². The van der Waals surface area contributed by atoms with Crippen molar-refractivity contribution in [2.45, 2.75) is 38.8 Å². The van der Waals surface area contributed by atoms with Crippen LogP contribution < -0.4 is 15.4 Å². The number of pyridine rings is 1. The number of aromatic nitrogens is 1. The summed E-state index contributed by atoms with van der Waals surface area (Å²) in [6, 6.07) is 10.8. The van der Waals surface area contributed by atoms with Crippen LogP contribution in [-0.4, -0.2) is 66.7 Å². The zero-order valence-corrected chi connectivity index (χ0v) is 20.8. The minimum Gasteiger partial charge on any atom is -0.497 e. The van der Waals surface area contributed by atoms with Gasteiger partial charge in [-0.05, 0) is 50.6 Å². The number of methoxy groups -OCH3 is 1. The molecule has 35 heavy (non-hydrogen) atoms. The van der Waals surface area contributed by atoms with Gasteiger partial charge < -0.3 is 25.0 Å². The van der Waals surface area contributed by atoms with Crippen LogP contribution in [0.1, 0.15) is 52.9 Å². The van der Waals surface area contributed by atoms with Crippen LogP contribution in [0.4, 0.5) is 4.79 Å². The van der Waals surface area contributed by atoms with E-state index in [1.54, 1.807) is 18.1 Å². The van der Waals surface area contributed by atoms with Crippen LogP contribution in [0.5, 0.6) is 5.75 Å². The Morgan fingerprint density at radius 3 is 2.43 bits per heavy atom. The van der Waals surface area contributed by atoms with Crippen LogP contribution in [0.15, 0.2) is 36.4 Å². The van der Waals surface area contributed by atoms with Crippen LogP contribution >= 0.6 is 0 Å². The quantitative estimate of drug-likeness (QED) is 0.658. The van der Waals surface area contributed by atoms with E-state index in [0.717, 1.165) is 11.3 Å². The van der Waals surface area contributed by atoms with Crippen molar-refractivity contribution >= 4 is 17.9 Å². The molecule has 186 valence electrons. The van der Waals surface area contributed by atoms with E-state index >= 15 is 0 Å². The third-order valence-electron chi connectivity index (χ3n) is 6.26. The number of carbonyl (C=O) groups excluding carboxylic acids is 3. The molecular formula is C26H32N4O5. The Kier molecular flexibility index (Phi) is 6.69. The highest BCUT2D eigenvalue weighted by Gasteiger charge is 2.58. The van der Waals surface area contributed by atoms with Crippen molar-refractivity contribution in [3.8, 4) is 5.75 Å². The topological polar surface area (TPSA) is 110 Å². The number of ether oxygens (including phenoxy) is 2. The lowest BCUT2D eigenvalue weighted by Crippen LogP contribution is -2.40. The molecule has 4 rings (SSSR count). The molecule has 1 aliphatic carbocycles. The van der Waals surface area contributed by atoms with Crippen molar-refractivity contribution in [2.24, 2.45) is 11.8 Å². The Morgan fingerprint density at radius 1 is 1.09 bits per heavy atom. The van der Waals surface area contributed by atoms with Gasteiger partial charge in [0.2, 0.25) is 0 Å². The Balaban J connectivity index is 1.44. The molecule has 3 atom stereocenters. The second-order valence-electron chi connectivity index (χ2n) is 10.1. The van der Waals surface area contributed by atoms with Crippen molar-refractivity contribution in [1.82, 2.24) is 20.5 Å². The van der Waals surface area contributed by atoms with E-state index in [2.05, 4.69) is 15.6 Å². The second kappa shape index (κ2) is 9.56. The number of rotatable bonds is 6. The molecule has 0 bridgehead atoms. The molecule has 2 N–H and O–H groups in total. The van der Waals surface area contributed by atoms with E-state index in [9.17, 15) is 14.4 Å². The summed E-state index contributed by atoms with van der Waals surface area (Å²) in [4.78, 5) is 43.9. The number of hydrogen-bond acceptors (Lipinski definition) is 6. The first-order chi connectivity index (χ1) is 16.6. The van der Waals surface area contributed by atoms with Gasteiger partial charge in [0.05, 0.1) is 7.11 Å². The van der Waals surface area contributed by atoms with Gasteiger partial charge in [-0.3, -0.25) is 9.59 Å². The summed E-state index contributed by atoms with van der Waals surface area (Å²) < 4.78 is 10.7. The Labute approximate surface area is 205 Å². The molecule has 1 saturated carbocycles. The van der Waals surface area contributed by atoms with Crippen molar-refractivity contribution in [3.05, 3.63) is 58.9 Å². The van der Waals surface area contributed by atoms with Gasteiger partial charge in [-0.2, -0.15) is 0 Å². The lowest BCUT2D eigenvalue weighted by Gasteiger charge is -2.26. The summed E-state index contributed by atoms with van der Waals surface area (Å²) in [5, 5.41) is 5.65. The number of benzene rings is 1. The number of amides is 3. The summed E-state index contributed by atoms with van der Waals surface area (Å²) in [6.07, 6.45) is 0.128. The number of nitrogens with zero attached hydrogens (tertiary/aromatic N) is 2. The molecule has 2 fully saturated rings. The first-order valence-electron chi connectivity index (χ1n) is 11.7. The SMILES string of the molecule is CNC(=O)c1cc(C(=O)N[C@H]2C3CN(C(=O)OC(C)(C)C)C[C@H]32)cc(Cc2cccc(OC)c2)n1. The van der Waals surface area contributed by atoms with Gasteiger partial charge in [0, 0.05) is 55.7 Å². The molecule has 2 heterocycles. The Bertz CT molecular complexity index is 1130. The molecule has 1 saturated heterocycles. The van der Waals surface area contributed by atoms with Crippen LogP contribution in [-0.2, 0) is 11.2 Å². The summed E-state index contributed by atoms with van der Waals surface area (Å²) in [6.45, 7) is 6.65. The zero-order chi connectivity index (χ0) is 25.3. The highest BCUT2D eigenvalue weighted by molar-refractivity contribution is 5.99. The summed E-state index contributed by atoms with van der Waals surface area (Å²) >= 11 is 0. The molecule has 1 aliphatic heterocycles. The molecule has 9 heteroatoms. The molecule has 2 aliphatic rings. The lowest BCUT2D eigenvalue weighted by molar-refractivity contribution is 0.0269. The molecule has 0 radical (unpaired) electrons. The third kappa shape index (κ3) is 5.72. The molecule has 3 amide bonds. The number of likely N-dealkylation sites (tertiary alicyclic amines) is 1. The minimum absolute atomic E-state index is 0.000335. The van der Waals surface area contributed by atoms with Gasteiger partial charge in [-0.15, -0.1) is 0 Å². The van der Waals surface area contributed by atoms with Crippen LogP contribution in [0, 0.1) is 11.8 Å². The summed E-state index contributed by atoms with van der Waals surface area (Å²) in [7, 11) is 3.13. The fraction of sp³-hybridized carbons (Fsp3) is 0.462. The van der Waals surface area contributed by atoms with Crippen molar-refractivity contribution in [3.63, 3.8) is 0 Å². The first-order valence-corrected chi connectivity index (χ1v) is 11.7. The molecule has 9 nitrogen and oxygen atoms in total. The van der Waals surface area contributed by atoms with Crippen molar-refractivity contribution < 1.29 is 23.9 Å². The van der Waals surface area contributed by atoms with Crippen molar-refractivity contribution in [1.29, 1.82) is 0 Å². The maximum absolute atomic E-state index is 13.1. The standard InChI is InChI=1S/C26H32N4O5/c1-26(2,3)35-25(33)30-13-19-20(14-30)22(19)29-23(31)16-11-17(28-21(12-16)24(32)27-4)9-15-7-6-8-18(10-15)34-5/h6-8,10-12,19-20,22H,9,13-14H2,1-5H3,(H,27,32)(H,29,31)/t19-,20?,22-/m1/s1. The molecule has 1 aromatic carbocycles. The zero-order valence-electron chi connectivity index (χ0n) is 20.8. The first kappa shape index (κ1) is 24.5. The van der Waals surface area contributed by atoms with E-state index < -0.39 is 5.60 Å². The van der Waals surface area contributed by atoms with E-state index in [0.29, 0.717) is 30.8 Å². The highest BCUT2D eigenvalue weighted by Crippen LogP contribution is 2.46. The molecule has 1 aromatic heterocycles. The highest BCUT2D eigenvalue weighted by atomic mass is 16.6. The van der Waals surface area contributed by atoms with Gasteiger partial charge in [0.1, 0.15) is 17.0 Å². The molecule has 1 unspecified atom stereocenters. The predicted octanol–water partition coefficient (Wildman–Crippen LogP) is 2.64.